The van der Waals surface area contributed by atoms with E-state index in [-0.39, 0.29) is 0 Å². The first-order valence-electron chi connectivity index (χ1n) is 4.23. The summed E-state index contributed by atoms with van der Waals surface area (Å²) in [6, 6.07) is 0. The highest BCUT2D eigenvalue weighted by molar-refractivity contribution is 8.69. The Balaban J connectivity index is 3.72. The lowest BCUT2D eigenvalue weighted by Crippen LogP contribution is -1.80. The van der Waals surface area contributed by atoms with Crippen LogP contribution in [0.4, 0.5) is 0 Å². The Bertz CT molecular complexity index is 187. The summed E-state index contributed by atoms with van der Waals surface area (Å²) in [5.41, 5.74) is -2.07. The normalized spacial score (nSPS) is 12.5. The first-order valence-corrected chi connectivity index (χ1v) is 8.35. The molecular weight excluding hydrogens is 223 g/mol. The van der Waals surface area contributed by atoms with E-state index in [0.29, 0.717) is 0 Å². The molecule has 0 aromatic heterocycles. The lowest BCUT2D eigenvalue weighted by Gasteiger charge is -2.13. The van der Waals surface area contributed by atoms with Gasteiger partial charge in [0.05, 0.1) is 0 Å². The van der Waals surface area contributed by atoms with Gasteiger partial charge >= 0.3 is 0 Å². The fraction of sp³-hybridized carbons (Fsp3) is 0.750. The Morgan fingerprint density at radius 3 is 2.46 bits per heavy atom. The van der Waals surface area contributed by atoms with E-state index in [1.807, 2.05) is 5.41 Å². The second-order valence-electron chi connectivity index (χ2n) is 2.43. The highest BCUT2D eigenvalue weighted by Gasteiger charge is 2.13. The fourth-order valence-electron chi connectivity index (χ4n) is 0.668. The largest absolute Gasteiger partial charge is 0.325 e. The Hall–Kier alpha value is 0.660. The molecule has 0 aliphatic carbocycles. The molecule has 0 N–H and O–H groups in total. The van der Waals surface area contributed by atoms with Crippen LogP contribution in [0.1, 0.15) is 26.2 Å². The van der Waals surface area contributed by atoms with Gasteiger partial charge in [0.2, 0.25) is 0 Å². The minimum Gasteiger partial charge on any atom is -0.325 e. The zero-order chi connectivity index (χ0) is 10.2. The standard InChI is InChI=1S/C8H17O2PS2/c1-4-5-6-7-8-13-11(12,9-2)10-3/h7-8H,4-6H2,1-3H3/b8-7-. The van der Waals surface area contributed by atoms with E-state index in [0.717, 1.165) is 6.42 Å². The molecule has 0 saturated heterocycles. The molecule has 0 aliphatic heterocycles. The van der Waals surface area contributed by atoms with E-state index in [1.54, 1.807) is 14.2 Å². The summed E-state index contributed by atoms with van der Waals surface area (Å²) >= 11 is 6.64. The highest BCUT2D eigenvalue weighted by atomic mass is 32.9. The molecule has 0 spiro atoms. The van der Waals surface area contributed by atoms with E-state index < -0.39 is 5.69 Å². The van der Waals surface area contributed by atoms with Crippen LogP contribution in [0.25, 0.3) is 0 Å². The zero-order valence-electron chi connectivity index (χ0n) is 8.36. The van der Waals surface area contributed by atoms with Gasteiger partial charge < -0.3 is 9.05 Å². The summed E-state index contributed by atoms with van der Waals surface area (Å²) in [6.07, 6.45) is 5.66. The second-order valence-corrected chi connectivity index (χ2v) is 8.75. The van der Waals surface area contributed by atoms with Gasteiger partial charge in [-0.15, -0.1) is 0 Å². The summed E-state index contributed by atoms with van der Waals surface area (Å²) in [7, 11) is 3.19. The molecule has 0 radical (unpaired) electrons. The number of hydrogen-bond donors (Lipinski definition) is 0. The van der Waals surface area contributed by atoms with E-state index in [9.17, 15) is 0 Å². The van der Waals surface area contributed by atoms with Crippen molar-refractivity contribution in [3.63, 3.8) is 0 Å². The predicted molar refractivity (Wildman–Crippen MR) is 64.6 cm³/mol. The van der Waals surface area contributed by atoms with E-state index in [1.165, 1.54) is 24.2 Å². The summed E-state index contributed by atoms with van der Waals surface area (Å²) in [5, 5.41) is 1.99. The molecule has 78 valence electrons. The molecule has 0 heterocycles. The third-order valence-corrected chi connectivity index (χ3v) is 6.63. The molecule has 2 nitrogen and oxygen atoms in total. The van der Waals surface area contributed by atoms with Gasteiger partial charge in [-0.1, -0.05) is 25.8 Å². The van der Waals surface area contributed by atoms with Crippen LogP contribution >= 0.6 is 17.1 Å². The van der Waals surface area contributed by atoms with Crippen molar-refractivity contribution in [2.24, 2.45) is 0 Å². The van der Waals surface area contributed by atoms with Crippen LogP contribution in [0.2, 0.25) is 0 Å². The molecule has 0 rings (SSSR count). The molecule has 5 heteroatoms. The molecule has 0 aliphatic rings. The Kier molecular flexibility index (Phi) is 8.42. The molecule has 0 unspecified atom stereocenters. The third-order valence-electron chi connectivity index (χ3n) is 1.46. The quantitative estimate of drug-likeness (QED) is 0.495. The molecule has 0 fully saturated rings. The van der Waals surface area contributed by atoms with Gasteiger partial charge in [-0.3, -0.25) is 0 Å². The molecule has 0 atom stereocenters. The van der Waals surface area contributed by atoms with Crippen molar-refractivity contribution in [1.29, 1.82) is 0 Å². The van der Waals surface area contributed by atoms with Crippen molar-refractivity contribution in [1.82, 2.24) is 0 Å². The molecule has 0 saturated carbocycles. The molecule has 0 amide bonds. The highest BCUT2D eigenvalue weighted by Crippen LogP contribution is 2.60. The van der Waals surface area contributed by atoms with E-state index >= 15 is 0 Å². The fourth-order valence-corrected chi connectivity index (χ4v) is 3.03. The van der Waals surface area contributed by atoms with Crippen molar-refractivity contribution in [3.8, 4) is 0 Å². The molecule has 0 aromatic carbocycles. The van der Waals surface area contributed by atoms with Crippen molar-refractivity contribution < 1.29 is 9.05 Å². The third kappa shape index (κ3) is 6.69. The topological polar surface area (TPSA) is 18.5 Å². The van der Waals surface area contributed by atoms with Gasteiger partial charge in [0.25, 0.3) is 5.69 Å². The monoisotopic (exact) mass is 240 g/mol. The Morgan fingerprint density at radius 1 is 1.38 bits per heavy atom. The number of unbranched alkanes of at least 4 members (excludes halogenated alkanes) is 2. The smallest absolute Gasteiger partial charge is 0.250 e. The van der Waals surface area contributed by atoms with E-state index in [4.69, 9.17) is 20.9 Å². The maximum absolute atomic E-state index is 5.16. The summed E-state index contributed by atoms with van der Waals surface area (Å²) in [5.74, 6) is 0. The maximum Gasteiger partial charge on any atom is 0.250 e. The van der Waals surface area contributed by atoms with Crippen LogP contribution in [-0.2, 0) is 20.9 Å². The number of hydrogen-bond acceptors (Lipinski definition) is 4. The molecule has 0 aromatic rings. The Morgan fingerprint density at radius 2 is 2.00 bits per heavy atom. The van der Waals surface area contributed by atoms with Gasteiger partial charge in [0.1, 0.15) is 0 Å². The van der Waals surface area contributed by atoms with Crippen molar-refractivity contribution in [3.05, 3.63) is 11.5 Å². The molecule has 0 bridgehead atoms. The van der Waals surface area contributed by atoms with Crippen LogP contribution in [-0.4, -0.2) is 14.2 Å². The van der Waals surface area contributed by atoms with Crippen LogP contribution in [0, 0.1) is 0 Å². The van der Waals surface area contributed by atoms with Crippen LogP contribution < -0.4 is 0 Å². The zero-order valence-corrected chi connectivity index (χ0v) is 10.9. The van der Waals surface area contributed by atoms with Crippen LogP contribution in [0.3, 0.4) is 0 Å². The van der Waals surface area contributed by atoms with Gasteiger partial charge in [0, 0.05) is 14.2 Å². The van der Waals surface area contributed by atoms with Gasteiger partial charge in [-0.05, 0) is 35.0 Å². The van der Waals surface area contributed by atoms with Crippen LogP contribution in [0.5, 0.6) is 0 Å². The summed E-state index contributed by atoms with van der Waals surface area (Å²) in [4.78, 5) is 0. The first-order chi connectivity index (χ1) is 6.18. The predicted octanol–water partition coefficient (Wildman–Crippen LogP) is 3.94. The van der Waals surface area contributed by atoms with Gasteiger partial charge in [0.15, 0.2) is 0 Å². The lowest BCUT2D eigenvalue weighted by atomic mass is 10.2. The minimum atomic E-state index is -2.07. The average molecular weight is 240 g/mol. The SMILES string of the molecule is CCCC/C=C\SP(=S)(OC)OC. The van der Waals surface area contributed by atoms with Crippen LogP contribution in [0.15, 0.2) is 11.5 Å². The first kappa shape index (κ1) is 13.7. The number of rotatable bonds is 7. The van der Waals surface area contributed by atoms with Crippen molar-refractivity contribution in [2.45, 2.75) is 26.2 Å². The lowest BCUT2D eigenvalue weighted by molar-refractivity contribution is 0.354. The number of allylic oxidation sites excluding steroid dienone is 1. The van der Waals surface area contributed by atoms with Crippen molar-refractivity contribution in [2.75, 3.05) is 14.2 Å². The average Bonchev–Trinajstić information content (AvgIpc) is 2.17. The molecule has 13 heavy (non-hydrogen) atoms. The second kappa shape index (κ2) is 8.01. The van der Waals surface area contributed by atoms with Gasteiger partial charge in [-0.2, -0.15) is 0 Å². The van der Waals surface area contributed by atoms with Gasteiger partial charge in [-0.25, -0.2) is 0 Å². The minimum absolute atomic E-state index is 1.10. The maximum atomic E-state index is 5.16. The summed E-state index contributed by atoms with van der Waals surface area (Å²) < 4.78 is 10.2. The molecular formula is C8H17O2PS2. The van der Waals surface area contributed by atoms with E-state index in [2.05, 4.69) is 13.0 Å². The van der Waals surface area contributed by atoms with Crippen molar-refractivity contribution >= 4 is 28.9 Å². The Labute approximate surface area is 90.0 Å². The summed E-state index contributed by atoms with van der Waals surface area (Å²) in [6.45, 7) is 2.18.